The van der Waals surface area contributed by atoms with E-state index in [2.05, 4.69) is 32.1 Å². The molecule has 0 spiro atoms. The van der Waals surface area contributed by atoms with Crippen LogP contribution in [0.2, 0.25) is 0 Å². The third kappa shape index (κ3) is 5.76. The average Bonchev–Trinajstić information content (AvgIpc) is 2.27. The van der Waals surface area contributed by atoms with Crippen LogP contribution in [0.4, 0.5) is 0 Å². The molecule has 19 heavy (non-hydrogen) atoms. The van der Waals surface area contributed by atoms with Gasteiger partial charge in [0, 0.05) is 6.42 Å². The van der Waals surface area contributed by atoms with Gasteiger partial charge >= 0.3 is 0 Å². The standard InChI is InChI=1S/C16H25N3/c1-14(2,11-18)9-13(7-8-17)16(5,6)10-15(3,4)12-19/h13H,7,9-10H2,1-6H3. The second-order valence-electron chi connectivity index (χ2n) is 7.42. The molecule has 0 N–H and O–H groups in total. The van der Waals surface area contributed by atoms with E-state index in [0.29, 0.717) is 12.8 Å². The Bertz CT molecular complexity index is 424. The highest BCUT2D eigenvalue weighted by atomic mass is 14.4. The van der Waals surface area contributed by atoms with E-state index in [1.54, 1.807) is 0 Å². The van der Waals surface area contributed by atoms with Crippen LogP contribution in [0.5, 0.6) is 0 Å². The highest BCUT2D eigenvalue weighted by Gasteiger charge is 2.38. The van der Waals surface area contributed by atoms with Crippen LogP contribution in [0.1, 0.15) is 60.8 Å². The Morgan fingerprint density at radius 3 is 1.68 bits per heavy atom. The van der Waals surface area contributed by atoms with Crippen molar-refractivity contribution in [3.05, 3.63) is 0 Å². The van der Waals surface area contributed by atoms with Crippen LogP contribution in [0, 0.1) is 56.2 Å². The fourth-order valence-electron chi connectivity index (χ4n) is 2.72. The molecule has 0 rings (SSSR count). The second-order valence-corrected chi connectivity index (χ2v) is 7.42. The molecule has 0 aromatic carbocycles. The summed E-state index contributed by atoms with van der Waals surface area (Å²) in [6, 6.07) is 6.86. The van der Waals surface area contributed by atoms with Crippen LogP contribution in [-0.2, 0) is 0 Å². The molecule has 3 heteroatoms. The van der Waals surface area contributed by atoms with Gasteiger partial charge in [0.25, 0.3) is 0 Å². The molecule has 0 heterocycles. The van der Waals surface area contributed by atoms with Gasteiger partial charge in [-0.05, 0) is 51.9 Å². The highest BCUT2D eigenvalue weighted by molar-refractivity contribution is 5.01. The summed E-state index contributed by atoms with van der Waals surface area (Å²) in [6.07, 6.45) is 1.84. The van der Waals surface area contributed by atoms with E-state index in [4.69, 9.17) is 5.26 Å². The summed E-state index contributed by atoms with van der Waals surface area (Å²) in [5, 5.41) is 27.4. The number of hydrogen-bond acceptors (Lipinski definition) is 3. The SMILES string of the molecule is CC(C)(C#N)CC(CC#N)C(C)(C)CC(C)(C)C#N. The minimum atomic E-state index is -0.435. The summed E-state index contributed by atoms with van der Waals surface area (Å²) < 4.78 is 0. The zero-order valence-corrected chi connectivity index (χ0v) is 13.0. The summed E-state index contributed by atoms with van der Waals surface area (Å²) in [6.45, 7) is 11.9. The van der Waals surface area contributed by atoms with Crippen molar-refractivity contribution >= 4 is 0 Å². The van der Waals surface area contributed by atoms with E-state index in [-0.39, 0.29) is 11.3 Å². The lowest BCUT2D eigenvalue weighted by Crippen LogP contribution is -2.32. The van der Waals surface area contributed by atoms with Crippen LogP contribution in [0.3, 0.4) is 0 Å². The largest absolute Gasteiger partial charge is 0.198 e. The summed E-state index contributed by atoms with van der Waals surface area (Å²) in [7, 11) is 0. The molecular formula is C16H25N3. The maximum Gasteiger partial charge on any atom is 0.0684 e. The summed E-state index contributed by atoms with van der Waals surface area (Å²) in [5.74, 6) is 0.125. The first-order valence-electron chi connectivity index (χ1n) is 6.69. The monoisotopic (exact) mass is 259 g/mol. The average molecular weight is 259 g/mol. The minimum absolute atomic E-state index is 0.125. The molecule has 0 saturated carbocycles. The third-order valence-electron chi connectivity index (χ3n) is 3.70. The quantitative estimate of drug-likeness (QED) is 0.708. The van der Waals surface area contributed by atoms with Crippen molar-refractivity contribution in [3.63, 3.8) is 0 Å². The molecule has 0 amide bonds. The molecule has 0 fully saturated rings. The van der Waals surface area contributed by atoms with Gasteiger partial charge in [-0.1, -0.05) is 13.8 Å². The number of rotatable bonds is 6. The molecule has 0 radical (unpaired) electrons. The van der Waals surface area contributed by atoms with Gasteiger partial charge < -0.3 is 0 Å². The zero-order valence-electron chi connectivity index (χ0n) is 13.0. The normalized spacial score (nSPS) is 14.1. The van der Waals surface area contributed by atoms with Gasteiger partial charge in [-0.2, -0.15) is 15.8 Å². The Labute approximate surface area is 117 Å². The topological polar surface area (TPSA) is 71.4 Å². The van der Waals surface area contributed by atoms with Gasteiger partial charge in [-0.25, -0.2) is 0 Å². The fourth-order valence-corrected chi connectivity index (χ4v) is 2.72. The highest BCUT2D eigenvalue weighted by Crippen LogP contribution is 2.44. The van der Waals surface area contributed by atoms with E-state index < -0.39 is 10.8 Å². The van der Waals surface area contributed by atoms with E-state index in [0.717, 1.165) is 6.42 Å². The summed E-state index contributed by atoms with van der Waals surface area (Å²) in [4.78, 5) is 0. The predicted molar refractivity (Wildman–Crippen MR) is 75.5 cm³/mol. The summed E-state index contributed by atoms with van der Waals surface area (Å²) >= 11 is 0. The van der Waals surface area contributed by atoms with Gasteiger partial charge in [-0.15, -0.1) is 0 Å². The van der Waals surface area contributed by atoms with Crippen LogP contribution >= 0.6 is 0 Å². The fraction of sp³-hybridized carbons (Fsp3) is 0.812. The molecule has 0 saturated heterocycles. The predicted octanol–water partition coefficient (Wildman–Crippen LogP) is 4.42. The van der Waals surface area contributed by atoms with Gasteiger partial charge in [0.15, 0.2) is 0 Å². The molecule has 104 valence electrons. The van der Waals surface area contributed by atoms with Crippen molar-refractivity contribution in [2.45, 2.75) is 60.8 Å². The van der Waals surface area contributed by atoms with Crippen molar-refractivity contribution in [2.75, 3.05) is 0 Å². The Hall–Kier alpha value is -1.53. The molecule has 0 aliphatic rings. The van der Waals surface area contributed by atoms with Gasteiger partial charge in [-0.3, -0.25) is 0 Å². The van der Waals surface area contributed by atoms with E-state index in [1.165, 1.54) is 0 Å². The maximum absolute atomic E-state index is 9.18. The summed E-state index contributed by atoms with van der Waals surface area (Å²) in [5.41, 5.74) is -0.980. The van der Waals surface area contributed by atoms with Gasteiger partial charge in [0.05, 0.1) is 29.0 Å². The lowest BCUT2D eigenvalue weighted by molar-refractivity contribution is 0.118. The van der Waals surface area contributed by atoms with Crippen LogP contribution in [-0.4, -0.2) is 0 Å². The molecular weight excluding hydrogens is 234 g/mol. The minimum Gasteiger partial charge on any atom is -0.198 e. The van der Waals surface area contributed by atoms with E-state index in [1.807, 2.05) is 27.7 Å². The number of hydrogen-bond donors (Lipinski definition) is 0. The molecule has 0 aromatic heterocycles. The third-order valence-corrected chi connectivity index (χ3v) is 3.70. The van der Waals surface area contributed by atoms with Crippen molar-refractivity contribution < 1.29 is 0 Å². The lowest BCUT2D eigenvalue weighted by atomic mass is 9.64. The Kier molecular flexibility index (Phi) is 5.59. The number of nitriles is 3. The van der Waals surface area contributed by atoms with Crippen molar-refractivity contribution in [1.82, 2.24) is 0 Å². The van der Waals surface area contributed by atoms with E-state index >= 15 is 0 Å². The number of nitrogens with zero attached hydrogens (tertiary/aromatic N) is 3. The molecule has 1 unspecified atom stereocenters. The molecule has 0 aliphatic carbocycles. The zero-order chi connectivity index (χ0) is 15.3. The van der Waals surface area contributed by atoms with Gasteiger partial charge in [0.2, 0.25) is 0 Å². The smallest absolute Gasteiger partial charge is 0.0684 e. The second kappa shape index (κ2) is 6.08. The van der Waals surface area contributed by atoms with Crippen molar-refractivity contribution in [2.24, 2.45) is 22.2 Å². The molecule has 0 aromatic rings. The Balaban J connectivity index is 5.14. The Morgan fingerprint density at radius 1 is 0.842 bits per heavy atom. The first-order valence-corrected chi connectivity index (χ1v) is 6.69. The molecule has 1 atom stereocenters. The van der Waals surface area contributed by atoms with Crippen LogP contribution in [0.25, 0.3) is 0 Å². The molecule has 0 aliphatic heterocycles. The van der Waals surface area contributed by atoms with Crippen molar-refractivity contribution in [1.29, 1.82) is 15.8 Å². The first kappa shape index (κ1) is 17.5. The van der Waals surface area contributed by atoms with Gasteiger partial charge in [0.1, 0.15) is 0 Å². The Morgan fingerprint density at radius 2 is 1.32 bits per heavy atom. The lowest BCUT2D eigenvalue weighted by Gasteiger charge is -2.39. The van der Waals surface area contributed by atoms with Crippen LogP contribution < -0.4 is 0 Å². The molecule has 0 bridgehead atoms. The van der Waals surface area contributed by atoms with Crippen molar-refractivity contribution in [3.8, 4) is 18.2 Å². The first-order chi connectivity index (χ1) is 8.49. The van der Waals surface area contributed by atoms with Crippen LogP contribution in [0.15, 0.2) is 0 Å². The molecule has 3 nitrogen and oxygen atoms in total. The maximum atomic E-state index is 9.18. The van der Waals surface area contributed by atoms with E-state index in [9.17, 15) is 10.5 Å².